The lowest BCUT2D eigenvalue weighted by Crippen LogP contribution is -2.27. The van der Waals surface area contributed by atoms with E-state index >= 15 is 0 Å². The van der Waals surface area contributed by atoms with E-state index in [4.69, 9.17) is 4.74 Å². The zero-order chi connectivity index (χ0) is 10.8. The van der Waals surface area contributed by atoms with Crippen molar-refractivity contribution in [2.24, 2.45) is 5.41 Å². The molecule has 78 valence electrons. The molecule has 1 aliphatic rings. The summed E-state index contributed by atoms with van der Waals surface area (Å²) < 4.78 is 9.63. The molecule has 0 aliphatic heterocycles. The van der Waals surface area contributed by atoms with Crippen LogP contribution in [0.5, 0.6) is 0 Å². The van der Waals surface area contributed by atoms with Crippen LogP contribution < -0.4 is 0 Å². The molecule has 1 rings (SSSR count). The molecule has 0 aromatic heterocycles. The zero-order valence-corrected chi connectivity index (χ0v) is 8.57. The molecule has 4 nitrogen and oxygen atoms in total. The quantitative estimate of drug-likeness (QED) is 0.491. The molecule has 1 aliphatic carbocycles. The van der Waals surface area contributed by atoms with E-state index in [9.17, 15) is 9.59 Å². The fraction of sp³-hybridized carbons (Fsp3) is 0.600. The molecule has 0 bridgehead atoms. The second-order valence-electron chi connectivity index (χ2n) is 3.62. The van der Waals surface area contributed by atoms with Gasteiger partial charge in [-0.15, -0.1) is 0 Å². The van der Waals surface area contributed by atoms with Gasteiger partial charge in [-0.3, -0.25) is 9.59 Å². The highest BCUT2D eigenvalue weighted by Crippen LogP contribution is 2.34. The fourth-order valence-electron chi connectivity index (χ4n) is 1.55. The Hall–Kier alpha value is -1.32. The largest absolute Gasteiger partial charge is 0.468 e. The van der Waals surface area contributed by atoms with Crippen LogP contribution in [0.3, 0.4) is 0 Å². The summed E-state index contributed by atoms with van der Waals surface area (Å²) in [4.78, 5) is 22.0. The molecule has 0 fully saturated rings. The lowest BCUT2D eigenvalue weighted by atomic mass is 9.90. The van der Waals surface area contributed by atoms with Crippen LogP contribution in [-0.2, 0) is 19.1 Å². The summed E-state index contributed by atoms with van der Waals surface area (Å²) in [6.45, 7) is 3.11. The Bertz CT molecular complexity index is 282. The SMILES string of the molecule is COC(=O)[C@]1(C)C=C[C@@H](OC(C)=O)C1. The molecule has 0 N–H and O–H groups in total. The first-order valence-corrected chi connectivity index (χ1v) is 4.43. The molecule has 4 heteroatoms. The van der Waals surface area contributed by atoms with Gasteiger partial charge in [0, 0.05) is 13.3 Å². The van der Waals surface area contributed by atoms with Crippen LogP contribution >= 0.6 is 0 Å². The van der Waals surface area contributed by atoms with Crippen LogP contribution in [0.25, 0.3) is 0 Å². The standard InChI is InChI=1S/C10H14O4/c1-7(11)14-8-4-5-10(2,6-8)9(12)13-3/h4-5,8H,6H2,1-3H3/t8-,10-/m1/s1. The van der Waals surface area contributed by atoms with Gasteiger partial charge in [-0.1, -0.05) is 6.08 Å². The van der Waals surface area contributed by atoms with Gasteiger partial charge in [-0.2, -0.15) is 0 Å². The van der Waals surface area contributed by atoms with E-state index in [2.05, 4.69) is 4.74 Å². The third kappa shape index (κ3) is 2.13. The highest BCUT2D eigenvalue weighted by atomic mass is 16.5. The van der Waals surface area contributed by atoms with Gasteiger partial charge in [0.05, 0.1) is 12.5 Å². The van der Waals surface area contributed by atoms with Crippen molar-refractivity contribution in [1.29, 1.82) is 0 Å². The van der Waals surface area contributed by atoms with Crippen LogP contribution in [0, 0.1) is 5.41 Å². The highest BCUT2D eigenvalue weighted by Gasteiger charge is 2.39. The van der Waals surface area contributed by atoms with Gasteiger partial charge in [-0.05, 0) is 13.0 Å². The number of esters is 2. The van der Waals surface area contributed by atoms with E-state index in [0.717, 1.165) is 0 Å². The smallest absolute Gasteiger partial charge is 0.315 e. The predicted molar refractivity (Wildman–Crippen MR) is 49.4 cm³/mol. The summed E-state index contributed by atoms with van der Waals surface area (Å²) in [5, 5.41) is 0. The van der Waals surface area contributed by atoms with Crippen LogP contribution in [-0.4, -0.2) is 25.2 Å². The van der Waals surface area contributed by atoms with Crippen LogP contribution in [0.2, 0.25) is 0 Å². The van der Waals surface area contributed by atoms with E-state index < -0.39 is 5.41 Å². The maximum absolute atomic E-state index is 11.4. The summed E-state index contributed by atoms with van der Waals surface area (Å²) in [6, 6.07) is 0. The van der Waals surface area contributed by atoms with Gasteiger partial charge in [0.25, 0.3) is 0 Å². The first-order chi connectivity index (χ1) is 6.48. The number of rotatable bonds is 2. The van der Waals surface area contributed by atoms with E-state index in [1.807, 2.05) is 0 Å². The number of carbonyl (C=O) groups excluding carboxylic acids is 2. The molecular weight excluding hydrogens is 184 g/mol. The maximum atomic E-state index is 11.4. The summed E-state index contributed by atoms with van der Waals surface area (Å²) in [6.07, 6.45) is 3.60. The Morgan fingerprint density at radius 2 is 2.14 bits per heavy atom. The lowest BCUT2D eigenvalue weighted by Gasteiger charge is -2.19. The number of methoxy groups -OCH3 is 1. The third-order valence-electron chi connectivity index (χ3n) is 2.27. The second-order valence-corrected chi connectivity index (χ2v) is 3.62. The van der Waals surface area contributed by atoms with Gasteiger partial charge in [0.15, 0.2) is 0 Å². The van der Waals surface area contributed by atoms with Crippen molar-refractivity contribution in [3.63, 3.8) is 0 Å². The summed E-state index contributed by atoms with van der Waals surface area (Å²) in [7, 11) is 1.35. The molecule has 0 amide bonds. The average molecular weight is 198 g/mol. The average Bonchev–Trinajstić information content (AvgIpc) is 2.46. The van der Waals surface area contributed by atoms with Gasteiger partial charge in [0.1, 0.15) is 6.10 Å². The summed E-state index contributed by atoms with van der Waals surface area (Å²) in [5.74, 6) is -0.642. The minimum atomic E-state index is -0.658. The Balaban J connectivity index is 2.61. The van der Waals surface area contributed by atoms with Crippen molar-refractivity contribution < 1.29 is 19.1 Å². The number of ether oxygens (including phenoxy) is 2. The maximum Gasteiger partial charge on any atom is 0.315 e. The molecule has 0 heterocycles. The first-order valence-electron chi connectivity index (χ1n) is 4.43. The Morgan fingerprint density at radius 3 is 2.64 bits per heavy atom. The molecule has 0 unspecified atom stereocenters. The molecule has 14 heavy (non-hydrogen) atoms. The van der Waals surface area contributed by atoms with E-state index in [1.165, 1.54) is 14.0 Å². The molecule has 0 aromatic rings. The molecule has 0 saturated carbocycles. The van der Waals surface area contributed by atoms with Crippen LogP contribution in [0.15, 0.2) is 12.2 Å². The topological polar surface area (TPSA) is 52.6 Å². The van der Waals surface area contributed by atoms with Gasteiger partial charge >= 0.3 is 11.9 Å². The lowest BCUT2D eigenvalue weighted by molar-refractivity contribution is -0.153. The number of hydrogen-bond acceptors (Lipinski definition) is 4. The van der Waals surface area contributed by atoms with E-state index in [1.54, 1.807) is 19.1 Å². The minimum Gasteiger partial charge on any atom is -0.468 e. The zero-order valence-electron chi connectivity index (χ0n) is 8.57. The number of carbonyl (C=O) groups is 2. The minimum absolute atomic E-state index is 0.302. The molecule has 2 atom stereocenters. The van der Waals surface area contributed by atoms with Crippen LogP contribution in [0.4, 0.5) is 0 Å². The normalized spacial score (nSPS) is 30.1. The molecular formula is C10H14O4. The molecule has 0 aromatic carbocycles. The van der Waals surface area contributed by atoms with Gasteiger partial charge in [-0.25, -0.2) is 0 Å². The van der Waals surface area contributed by atoms with Gasteiger partial charge < -0.3 is 9.47 Å². The second kappa shape index (κ2) is 3.82. The van der Waals surface area contributed by atoms with Crippen molar-refractivity contribution in [2.75, 3.05) is 7.11 Å². The predicted octanol–water partition coefficient (Wildman–Crippen LogP) is 1.06. The first kappa shape index (κ1) is 10.8. The van der Waals surface area contributed by atoms with E-state index in [0.29, 0.717) is 6.42 Å². The van der Waals surface area contributed by atoms with Crippen molar-refractivity contribution in [2.45, 2.75) is 26.4 Å². The Kier molecular flexibility index (Phi) is 2.93. The molecule has 0 radical (unpaired) electrons. The van der Waals surface area contributed by atoms with Crippen LogP contribution in [0.1, 0.15) is 20.3 Å². The van der Waals surface area contributed by atoms with Crippen molar-refractivity contribution in [3.05, 3.63) is 12.2 Å². The Labute approximate surface area is 82.9 Å². The summed E-state index contributed by atoms with van der Waals surface area (Å²) in [5.41, 5.74) is -0.658. The number of hydrogen-bond donors (Lipinski definition) is 0. The molecule has 0 spiro atoms. The van der Waals surface area contributed by atoms with Crippen molar-refractivity contribution in [3.8, 4) is 0 Å². The monoisotopic (exact) mass is 198 g/mol. The fourth-order valence-corrected chi connectivity index (χ4v) is 1.55. The highest BCUT2D eigenvalue weighted by molar-refractivity contribution is 5.79. The molecule has 0 saturated heterocycles. The Morgan fingerprint density at radius 1 is 1.50 bits per heavy atom. The summed E-state index contributed by atoms with van der Waals surface area (Å²) >= 11 is 0. The van der Waals surface area contributed by atoms with Crippen molar-refractivity contribution in [1.82, 2.24) is 0 Å². The van der Waals surface area contributed by atoms with Gasteiger partial charge in [0.2, 0.25) is 0 Å². The third-order valence-corrected chi connectivity index (χ3v) is 2.27. The van der Waals surface area contributed by atoms with Crippen molar-refractivity contribution >= 4 is 11.9 Å². The van der Waals surface area contributed by atoms with E-state index in [-0.39, 0.29) is 18.0 Å².